The average Bonchev–Trinajstić information content (AvgIpc) is 2.57. The van der Waals surface area contributed by atoms with E-state index in [0.717, 1.165) is 5.56 Å². The van der Waals surface area contributed by atoms with Crippen LogP contribution in [-0.2, 0) is 9.59 Å². The molecule has 2 atom stereocenters. The summed E-state index contributed by atoms with van der Waals surface area (Å²) in [7, 11) is 1.55. The molecule has 0 bridgehead atoms. The Balaban J connectivity index is 2.34. The summed E-state index contributed by atoms with van der Waals surface area (Å²) in [6.45, 7) is 0. The maximum Gasteiger partial charge on any atom is 0.327 e. The van der Waals surface area contributed by atoms with E-state index in [-0.39, 0.29) is 18.2 Å². The summed E-state index contributed by atoms with van der Waals surface area (Å²) in [5, 5.41) is 9.14. The van der Waals surface area contributed by atoms with Crippen LogP contribution in [0.25, 0.3) is 0 Å². The van der Waals surface area contributed by atoms with Crippen LogP contribution in [0.15, 0.2) is 30.3 Å². The van der Waals surface area contributed by atoms with Gasteiger partial charge in [-0.3, -0.25) is 4.79 Å². The lowest BCUT2D eigenvalue weighted by molar-refractivity contribution is -0.145. The van der Waals surface area contributed by atoms with Crippen LogP contribution in [-0.4, -0.2) is 35.0 Å². The van der Waals surface area contributed by atoms with E-state index in [4.69, 9.17) is 5.11 Å². The number of likely N-dealkylation sites (N-methyl/N-ethyl adjacent to an activating group) is 1. The van der Waals surface area contributed by atoms with Gasteiger partial charge in [0.15, 0.2) is 0 Å². The third-order valence-corrected chi connectivity index (χ3v) is 3.07. The molecule has 1 aromatic rings. The van der Waals surface area contributed by atoms with Gasteiger partial charge < -0.3 is 10.0 Å². The molecule has 1 aliphatic heterocycles. The minimum absolute atomic E-state index is 0.110. The number of carboxylic acids is 1. The van der Waals surface area contributed by atoms with Crippen molar-refractivity contribution in [3.8, 4) is 0 Å². The molecule has 0 radical (unpaired) electrons. The van der Waals surface area contributed by atoms with Gasteiger partial charge in [-0.1, -0.05) is 30.3 Å². The lowest BCUT2D eigenvalue weighted by Crippen LogP contribution is -2.37. The van der Waals surface area contributed by atoms with Crippen molar-refractivity contribution in [3.63, 3.8) is 0 Å². The molecule has 1 heterocycles. The molecule has 0 aliphatic carbocycles. The number of carboxylic acid groups (broad SMARTS) is 1. The fourth-order valence-corrected chi connectivity index (χ4v) is 2.21. The Morgan fingerprint density at radius 1 is 1.38 bits per heavy atom. The van der Waals surface area contributed by atoms with Gasteiger partial charge >= 0.3 is 5.97 Å². The summed E-state index contributed by atoms with van der Waals surface area (Å²) in [6, 6.07) is 8.59. The van der Waals surface area contributed by atoms with Gasteiger partial charge in [-0.2, -0.15) is 0 Å². The fourth-order valence-electron chi connectivity index (χ4n) is 2.21. The molecular formula is C12H13NO3. The first-order valence-corrected chi connectivity index (χ1v) is 5.14. The second-order valence-electron chi connectivity index (χ2n) is 4.01. The number of aliphatic carboxylic acids is 1. The first-order chi connectivity index (χ1) is 7.61. The largest absolute Gasteiger partial charge is 0.480 e. The highest BCUT2D eigenvalue weighted by molar-refractivity contribution is 5.89. The van der Waals surface area contributed by atoms with Crippen molar-refractivity contribution in [2.45, 2.75) is 18.4 Å². The third-order valence-electron chi connectivity index (χ3n) is 3.07. The summed E-state index contributed by atoms with van der Waals surface area (Å²) in [6.07, 6.45) is 0.275. The molecule has 1 amide bonds. The van der Waals surface area contributed by atoms with Crippen molar-refractivity contribution < 1.29 is 14.7 Å². The maximum absolute atomic E-state index is 11.5. The Hall–Kier alpha value is -1.84. The molecule has 1 fully saturated rings. The molecule has 0 saturated carbocycles. The van der Waals surface area contributed by atoms with E-state index in [1.54, 1.807) is 7.05 Å². The zero-order chi connectivity index (χ0) is 11.7. The van der Waals surface area contributed by atoms with Gasteiger partial charge in [0.2, 0.25) is 5.91 Å². The maximum atomic E-state index is 11.5. The van der Waals surface area contributed by atoms with Gasteiger partial charge in [0, 0.05) is 19.4 Å². The zero-order valence-electron chi connectivity index (χ0n) is 8.96. The number of likely N-dealkylation sites (tertiary alicyclic amines) is 1. The van der Waals surface area contributed by atoms with Crippen molar-refractivity contribution in [2.24, 2.45) is 0 Å². The first-order valence-electron chi connectivity index (χ1n) is 5.14. The van der Waals surface area contributed by atoms with Crippen LogP contribution in [0.3, 0.4) is 0 Å². The predicted octanol–water partition coefficient (Wildman–Crippen LogP) is 1.09. The van der Waals surface area contributed by atoms with Gasteiger partial charge in [0.05, 0.1) is 0 Å². The molecule has 1 aromatic carbocycles. The van der Waals surface area contributed by atoms with Crippen molar-refractivity contribution in [1.29, 1.82) is 0 Å². The van der Waals surface area contributed by atoms with Crippen molar-refractivity contribution in [2.75, 3.05) is 7.05 Å². The smallest absolute Gasteiger partial charge is 0.327 e. The van der Waals surface area contributed by atoms with E-state index in [1.165, 1.54) is 4.90 Å². The molecule has 0 spiro atoms. The molecule has 4 nitrogen and oxygen atoms in total. The number of carbonyl (C=O) groups excluding carboxylic acids is 1. The minimum Gasteiger partial charge on any atom is -0.480 e. The summed E-state index contributed by atoms with van der Waals surface area (Å²) in [5.74, 6) is -1.29. The quantitative estimate of drug-likeness (QED) is 0.809. The molecule has 2 rings (SSSR count). The SMILES string of the molecule is CN1C(=O)C[C@H](c2ccccc2)[C@@H]1C(=O)O. The Morgan fingerprint density at radius 2 is 2.00 bits per heavy atom. The molecule has 16 heavy (non-hydrogen) atoms. The second kappa shape index (κ2) is 3.96. The topological polar surface area (TPSA) is 57.6 Å². The van der Waals surface area contributed by atoms with Crippen LogP contribution in [0.4, 0.5) is 0 Å². The number of amides is 1. The van der Waals surface area contributed by atoms with Gasteiger partial charge in [-0.25, -0.2) is 4.79 Å². The summed E-state index contributed by atoms with van der Waals surface area (Å²) >= 11 is 0. The molecule has 1 aliphatic rings. The van der Waals surface area contributed by atoms with E-state index in [1.807, 2.05) is 30.3 Å². The Labute approximate surface area is 93.5 Å². The van der Waals surface area contributed by atoms with E-state index in [9.17, 15) is 9.59 Å². The van der Waals surface area contributed by atoms with E-state index >= 15 is 0 Å². The number of hydrogen-bond donors (Lipinski definition) is 1. The highest BCUT2D eigenvalue weighted by Crippen LogP contribution is 2.33. The average molecular weight is 219 g/mol. The standard InChI is InChI=1S/C12H13NO3/c1-13-10(14)7-9(11(13)12(15)16)8-5-3-2-4-6-8/h2-6,9,11H,7H2,1H3,(H,15,16)/t9-,11-/m1/s1. The number of carbonyl (C=O) groups is 2. The van der Waals surface area contributed by atoms with Crippen LogP contribution >= 0.6 is 0 Å². The zero-order valence-corrected chi connectivity index (χ0v) is 8.96. The third kappa shape index (κ3) is 1.66. The van der Waals surface area contributed by atoms with Crippen LogP contribution in [0.2, 0.25) is 0 Å². The van der Waals surface area contributed by atoms with Crippen LogP contribution in [0, 0.1) is 0 Å². The Bertz CT molecular complexity index is 416. The molecule has 84 valence electrons. The van der Waals surface area contributed by atoms with E-state index in [2.05, 4.69) is 0 Å². The summed E-state index contributed by atoms with van der Waals surface area (Å²) in [5.41, 5.74) is 0.910. The number of benzene rings is 1. The van der Waals surface area contributed by atoms with Crippen molar-refractivity contribution >= 4 is 11.9 Å². The lowest BCUT2D eigenvalue weighted by Gasteiger charge is -2.20. The predicted molar refractivity (Wildman–Crippen MR) is 58.0 cm³/mol. The minimum atomic E-state index is -0.942. The van der Waals surface area contributed by atoms with Gasteiger partial charge in [0.1, 0.15) is 6.04 Å². The van der Waals surface area contributed by atoms with Gasteiger partial charge in [-0.05, 0) is 5.56 Å². The number of rotatable bonds is 2. The van der Waals surface area contributed by atoms with Crippen LogP contribution in [0.5, 0.6) is 0 Å². The fraction of sp³-hybridized carbons (Fsp3) is 0.333. The van der Waals surface area contributed by atoms with E-state index < -0.39 is 12.0 Å². The Morgan fingerprint density at radius 3 is 2.56 bits per heavy atom. The van der Waals surface area contributed by atoms with Crippen LogP contribution < -0.4 is 0 Å². The molecule has 0 aromatic heterocycles. The van der Waals surface area contributed by atoms with Crippen molar-refractivity contribution in [3.05, 3.63) is 35.9 Å². The monoisotopic (exact) mass is 219 g/mol. The molecule has 4 heteroatoms. The Kier molecular flexibility index (Phi) is 2.64. The van der Waals surface area contributed by atoms with Gasteiger partial charge in [0.25, 0.3) is 0 Å². The lowest BCUT2D eigenvalue weighted by atomic mass is 9.92. The first kappa shape index (κ1) is 10.7. The van der Waals surface area contributed by atoms with Crippen LogP contribution in [0.1, 0.15) is 17.9 Å². The molecule has 0 unspecified atom stereocenters. The summed E-state index contributed by atoms with van der Waals surface area (Å²) < 4.78 is 0. The number of nitrogens with zero attached hydrogens (tertiary/aromatic N) is 1. The summed E-state index contributed by atoms with van der Waals surface area (Å²) in [4.78, 5) is 24.0. The number of hydrogen-bond acceptors (Lipinski definition) is 2. The normalized spacial score (nSPS) is 24.8. The highest BCUT2D eigenvalue weighted by Gasteiger charge is 2.42. The van der Waals surface area contributed by atoms with Gasteiger partial charge in [-0.15, -0.1) is 0 Å². The second-order valence-corrected chi connectivity index (χ2v) is 4.01. The molecule has 1 N–H and O–H groups in total. The molecule has 1 saturated heterocycles. The van der Waals surface area contributed by atoms with Crippen molar-refractivity contribution in [1.82, 2.24) is 4.90 Å². The molecular weight excluding hydrogens is 206 g/mol. The highest BCUT2D eigenvalue weighted by atomic mass is 16.4. The van der Waals surface area contributed by atoms with E-state index in [0.29, 0.717) is 0 Å².